The third-order valence-corrected chi connectivity index (χ3v) is 5.66. The van der Waals surface area contributed by atoms with Crippen molar-refractivity contribution in [3.8, 4) is 23.1 Å². The average Bonchev–Trinajstić information content (AvgIpc) is 3.42. The number of allylic oxidation sites excluding steroid dienone is 1. The molecular formula is C23H22N4O4S. The SMILES string of the molecule is C=CCn1c(SCC(=O)Nc2ccccc2OC)nnc1-c1cc2cccc(OC)c2o1. The number of thioether (sulfide) groups is 1. The second kappa shape index (κ2) is 9.61. The lowest BCUT2D eigenvalue weighted by molar-refractivity contribution is -0.113. The van der Waals surface area contributed by atoms with E-state index in [1.54, 1.807) is 32.4 Å². The molecule has 0 atom stereocenters. The summed E-state index contributed by atoms with van der Waals surface area (Å²) in [5, 5.41) is 12.9. The van der Waals surface area contributed by atoms with E-state index in [1.165, 1.54) is 11.8 Å². The van der Waals surface area contributed by atoms with E-state index in [0.717, 1.165) is 5.39 Å². The lowest BCUT2D eigenvalue weighted by Crippen LogP contribution is -2.15. The zero-order valence-corrected chi connectivity index (χ0v) is 18.5. The van der Waals surface area contributed by atoms with Gasteiger partial charge in [0.1, 0.15) is 5.75 Å². The zero-order valence-electron chi connectivity index (χ0n) is 17.7. The lowest BCUT2D eigenvalue weighted by atomic mass is 10.2. The van der Waals surface area contributed by atoms with Gasteiger partial charge in [0.15, 0.2) is 22.2 Å². The Kier molecular flexibility index (Phi) is 6.46. The summed E-state index contributed by atoms with van der Waals surface area (Å²) in [4.78, 5) is 12.5. The zero-order chi connectivity index (χ0) is 22.5. The summed E-state index contributed by atoms with van der Waals surface area (Å²) in [5.74, 6) is 2.33. The molecule has 8 nitrogen and oxygen atoms in total. The second-order valence-corrected chi connectivity index (χ2v) is 7.67. The van der Waals surface area contributed by atoms with Crippen LogP contribution in [-0.2, 0) is 11.3 Å². The van der Waals surface area contributed by atoms with Crippen molar-refractivity contribution in [2.45, 2.75) is 11.7 Å². The number of furan rings is 1. The number of aromatic nitrogens is 3. The van der Waals surface area contributed by atoms with Crippen LogP contribution < -0.4 is 14.8 Å². The van der Waals surface area contributed by atoms with Crippen molar-refractivity contribution in [1.29, 1.82) is 0 Å². The van der Waals surface area contributed by atoms with Gasteiger partial charge in [0.25, 0.3) is 0 Å². The lowest BCUT2D eigenvalue weighted by Gasteiger charge is -2.10. The molecule has 0 fully saturated rings. The standard InChI is InChI=1S/C23H22N4O4S/c1-4-12-27-22(19-13-15-8-7-11-18(30-3)21(15)31-19)25-26-23(27)32-14-20(28)24-16-9-5-6-10-17(16)29-2/h4-11,13H,1,12,14H2,2-3H3,(H,24,28). The number of amides is 1. The van der Waals surface area contributed by atoms with E-state index in [1.807, 2.05) is 41.0 Å². The number of rotatable bonds is 9. The number of nitrogens with one attached hydrogen (secondary N) is 1. The van der Waals surface area contributed by atoms with Crippen LogP contribution in [-0.4, -0.2) is 40.6 Å². The van der Waals surface area contributed by atoms with E-state index in [0.29, 0.717) is 46.1 Å². The van der Waals surface area contributed by atoms with Crippen molar-refractivity contribution in [3.05, 3.63) is 61.2 Å². The third-order valence-electron chi connectivity index (χ3n) is 4.69. The van der Waals surface area contributed by atoms with Gasteiger partial charge in [0, 0.05) is 11.9 Å². The summed E-state index contributed by atoms with van der Waals surface area (Å²) < 4.78 is 18.5. The normalized spacial score (nSPS) is 10.8. The van der Waals surface area contributed by atoms with Crippen molar-refractivity contribution in [2.75, 3.05) is 25.3 Å². The van der Waals surface area contributed by atoms with Crippen LogP contribution in [0.4, 0.5) is 5.69 Å². The third kappa shape index (κ3) is 4.33. The molecule has 0 aliphatic carbocycles. The van der Waals surface area contributed by atoms with Crippen molar-refractivity contribution in [1.82, 2.24) is 14.8 Å². The quantitative estimate of drug-likeness (QED) is 0.294. The molecule has 0 saturated carbocycles. The Labute approximate surface area is 189 Å². The van der Waals surface area contributed by atoms with E-state index in [-0.39, 0.29) is 11.7 Å². The number of anilines is 1. The fraction of sp³-hybridized carbons (Fsp3) is 0.174. The van der Waals surface area contributed by atoms with E-state index in [2.05, 4.69) is 22.1 Å². The Hall–Kier alpha value is -3.72. The molecule has 1 amide bonds. The van der Waals surface area contributed by atoms with Gasteiger partial charge in [-0.3, -0.25) is 9.36 Å². The molecule has 2 aromatic heterocycles. The molecule has 2 heterocycles. The van der Waals surface area contributed by atoms with Crippen LogP contribution in [0.2, 0.25) is 0 Å². The number of para-hydroxylation sites is 3. The highest BCUT2D eigenvalue weighted by atomic mass is 32.2. The van der Waals surface area contributed by atoms with Gasteiger partial charge >= 0.3 is 0 Å². The van der Waals surface area contributed by atoms with Gasteiger partial charge in [0.2, 0.25) is 11.7 Å². The number of nitrogens with zero attached hydrogens (tertiary/aromatic N) is 3. The molecule has 0 saturated heterocycles. The minimum Gasteiger partial charge on any atom is -0.495 e. The van der Waals surface area contributed by atoms with Gasteiger partial charge in [-0.05, 0) is 24.3 Å². The number of hydrogen-bond acceptors (Lipinski definition) is 7. The average molecular weight is 451 g/mol. The molecule has 9 heteroatoms. The Morgan fingerprint density at radius 2 is 1.94 bits per heavy atom. The minimum absolute atomic E-state index is 0.154. The highest BCUT2D eigenvalue weighted by Crippen LogP contribution is 2.34. The first-order valence-corrected chi connectivity index (χ1v) is 10.8. The first-order chi connectivity index (χ1) is 15.6. The molecule has 0 aliphatic heterocycles. The van der Waals surface area contributed by atoms with Gasteiger partial charge in [-0.25, -0.2) is 0 Å². The summed E-state index contributed by atoms with van der Waals surface area (Å²) in [5.41, 5.74) is 1.26. The minimum atomic E-state index is -0.178. The predicted octanol–water partition coefficient (Wildman–Crippen LogP) is 4.63. The number of benzene rings is 2. The molecule has 0 aliphatic rings. The maximum absolute atomic E-state index is 12.5. The monoisotopic (exact) mass is 450 g/mol. The summed E-state index contributed by atoms with van der Waals surface area (Å²) in [6, 6.07) is 14.8. The number of carbonyl (C=O) groups is 1. The number of methoxy groups -OCH3 is 2. The summed E-state index contributed by atoms with van der Waals surface area (Å²) >= 11 is 1.28. The summed E-state index contributed by atoms with van der Waals surface area (Å²) in [6.07, 6.45) is 1.75. The second-order valence-electron chi connectivity index (χ2n) is 6.73. The maximum atomic E-state index is 12.5. The molecule has 164 valence electrons. The van der Waals surface area contributed by atoms with E-state index >= 15 is 0 Å². The van der Waals surface area contributed by atoms with E-state index < -0.39 is 0 Å². The van der Waals surface area contributed by atoms with Crippen LogP contribution in [0, 0.1) is 0 Å². The number of hydrogen-bond donors (Lipinski definition) is 1. The van der Waals surface area contributed by atoms with Crippen LogP contribution in [0.25, 0.3) is 22.6 Å². The molecule has 0 spiro atoms. The molecule has 0 unspecified atom stereocenters. The highest BCUT2D eigenvalue weighted by Gasteiger charge is 2.19. The smallest absolute Gasteiger partial charge is 0.234 e. The van der Waals surface area contributed by atoms with Gasteiger partial charge in [-0.2, -0.15) is 0 Å². The van der Waals surface area contributed by atoms with Crippen LogP contribution in [0.1, 0.15) is 0 Å². The number of fused-ring (bicyclic) bond motifs is 1. The van der Waals surface area contributed by atoms with Gasteiger partial charge in [-0.15, -0.1) is 16.8 Å². The van der Waals surface area contributed by atoms with Crippen LogP contribution in [0.5, 0.6) is 11.5 Å². The maximum Gasteiger partial charge on any atom is 0.234 e. The summed E-state index contributed by atoms with van der Waals surface area (Å²) in [7, 11) is 3.16. The van der Waals surface area contributed by atoms with Gasteiger partial charge < -0.3 is 19.2 Å². The van der Waals surface area contributed by atoms with E-state index in [4.69, 9.17) is 13.9 Å². The van der Waals surface area contributed by atoms with Crippen LogP contribution >= 0.6 is 11.8 Å². The molecule has 0 radical (unpaired) electrons. The van der Waals surface area contributed by atoms with Crippen molar-refractivity contribution < 1.29 is 18.7 Å². The first-order valence-electron chi connectivity index (χ1n) is 9.81. The molecule has 4 rings (SSSR count). The number of carbonyl (C=O) groups excluding carboxylic acids is 1. The van der Waals surface area contributed by atoms with Crippen LogP contribution in [0.3, 0.4) is 0 Å². The van der Waals surface area contributed by atoms with E-state index in [9.17, 15) is 4.79 Å². The molecule has 2 aromatic carbocycles. The predicted molar refractivity (Wildman–Crippen MR) is 124 cm³/mol. The Morgan fingerprint density at radius 1 is 1.16 bits per heavy atom. The topological polar surface area (TPSA) is 91.4 Å². The van der Waals surface area contributed by atoms with Gasteiger partial charge in [-0.1, -0.05) is 42.1 Å². The van der Waals surface area contributed by atoms with Gasteiger partial charge in [0.05, 0.1) is 25.7 Å². The van der Waals surface area contributed by atoms with Crippen LogP contribution in [0.15, 0.2) is 70.8 Å². The summed E-state index contributed by atoms with van der Waals surface area (Å²) in [6.45, 7) is 4.29. The Bertz CT molecular complexity index is 1260. The fourth-order valence-electron chi connectivity index (χ4n) is 3.24. The fourth-order valence-corrected chi connectivity index (χ4v) is 3.99. The molecular weight excluding hydrogens is 428 g/mol. The van der Waals surface area contributed by atoms with Crippen molar-refractivity contribution in [3.63, 3.8) is 0 Å². The molecule has 0 bridgehead atoms. The molecule has 1 N–H and O–H groups in total. The molecule has 4 aromatic rings. The van der Waals surface area contributed by atoms with Crippen molar-refractivity contribution >= 4 is 34.3 Å². The molecule has 32 heavy (non-hydrogen) atoms. The Morgan fingerprint density at radius 3 is 2.72 bits per heavy atom. The largest absolute Gasteiger partial charge is 0.495 e. The Balaban J connectivity index is 1.55. The highest BCUT2D eigenvalue weighted by molar-refractivity contribution is 7.99. The first kappa shape index (κ1) is 21.5. The number of ether oxygens (including phenoxy) is 2. The van der Waals surface area contributed by atoms with Crippen molar-refractivity contribution in [2.24, 2.45) is 0 Å².